The van der Waals surface area contributed by atoms with Gasteiger partial charge in [0, 0.05) is 19.0 Å². The summed E-state index contributed by atoms with van der Waals surface area (Å²) < 4.78 is 11.7. The van der Waals surface area contributed by atoms with Crippen LogP contribution in [-0.2, 0) is 0 Å². The van der Waals surface area contributed by atoms with Gasteiger partial charge in [-0.1, -0.05) is 6.07 Å². The van der Waals surface area contributed by atoms with Crippen LogP contribution in [0.4, 0.5) is 4.79 Å². The highest BCUT2D eigenvalue weighted by Crippen LogP contribution is 2.40. The molecule has 0 aromatic heterocycles. The zero-order valence-corrected chi connectivity index (χ0v) is 13.6. The summed E-state index contributed by atoms with van der Waals surface area (Å²) in [6, 6.07) is 6.61. The van der Waals surface area contributed by atoms with Gasteiger partial charge in [0.15, 0.2) is 11.5 Å². The summed E-state index contributed by atoms with van der Waals surface area (Å²) >= 11 is 0. The summed E-state index contributed by atoms with van der Waals surface area (Å²) in [5, 5.41) is 2.95. The Morgan fingerprint density at radius 3 is 2.78 bits per heavy atom. The van der Waals surface area contributed by atoms with Crippen molar-refractivity contribution in [3.8, 4) is 11.5 Å². The van der Waals surface area contributed by atoms with Crippen molar-refractivity contribution in [3.63, 3.8) is 0 Å². The van der Waals surface area contributed by atoms with Crippen LogP contribution in [0.1, 0.15) is 43.6 Å². The predicted molar refractivity (Wildman–Crippen MR) is 87.1 cm³/mol. The molecule has 23 heavy (non-hydrogen) atoms. The molecule has 0 bridgehead atoms. The zero-order chi connectivity index (χ0) is 15.8. The Morgan fingerprint density at radius 1 is 1.17 bits per heavy atom. The Morgan fingerprint density at radius 2 is 2.00 bits per heavy atom. The molecule has 1 aromatic carbocycles. The Balaban J connectivity index is 1.58. The Bertz CT molecular complexity index is 598. The third-order valence-electron chi connectivity index (χ3n) is 5.48. The molecular formula is C18H24N2O3. The smallest absolute Gasteiger partial charge is 0.317 e. The molecule has 5 nitrogen and oxygen atoms in total. The molecule has 0 spiro atoms. The normalized spacial score (nSPS) is 27.2. The number of amides is 2. The molecule has 2 atom stereocenters. The number of nitrogens with zero attached hydrogens (tertiary/aromatic N) is 1. The van der Waals surface area contributed by atoms with Gasteiger partial charge < -0.3 is 19.7 Å². The molecule has 3 aliphatic rings. The summed E-state index contributed by atoms with van der Waals surface area (Å²) in [4.78, 5) is 13.8. The molecule has 0 unspecified atom stereocenters. The molecule has 1 N–H and O–H groups in total. The van der Waals surface area contributed by atoms with Crippen LogP contribution in [0.5, 0.6) is 11.5 Å². The second kappa shape index (κ2) is 5.95. The number of hydrogen-bond acceptors (Lipinski definition) is 3. The molecule has 1 saturated carbocycles. The highest BCUT2D eigenvalue weighted by Gasteiger charge is 2.42. The van der Waals surface area contributed by atoms with Crippen LogP contribution in [-0.4, -0.2) is 43.3 Å². The van der Waals surface area contributed by atoms with E-state index in [4.69, 9.17) is 9.47 Å². The first-order valence-corrected chi connectivity index (χ1v) is 8.65. The number of carbonyl (C=O) groups is 1. The lowest BCUT2D eigenvalue weighted by Crippen LogP contribution is -2.30. The number of ether oxygens (including phenoxy) is 2. The SMILES string of the molecule is COc1ccc([C@@H]2CCN3C(=O)NC[C@H]23)cc1OC1CCCC1. The number of urea groups is 1. The van der Waals surface area contributed by atoms with Gasteiger partial charge >= 0.3 is 6.03 Å². The number of hydrogen-bond donors (Lipinski definition) is 1. The summed E-state index contributed by atoms with van der Waals surface area (Å²) in [5.41, 5.74) is 1.25. The fourth-order valence-corrected chi connectivity index (χ4v) is 4.24. The number of methoxy groups -OCH3 is 1. The first-order chi connectivity index (χ1) is 11.3. The first kappa shape index (κ1) is 14.7. The van der Waals surface area contributed by atoms with Crippen LogP contribution < -0.4 is 14.8 Å². The minimum absolute atomic E-state index is 0.0773. The topological polar surface area (TPSA) is 50.8 Å². The number of rotatable bonds is 4. The minimum Gasteiger partial charge on any atom is -0.493 e. The summed E-state index contributed by atoms with van der Waals surface area (Å²) in [7, 11) is 1.69. The molecule has 5 heteroatoms. The Kier molecular flexibility index (Phi) is 3.79. The van der Waals surface area contributed by atoms with Crippen molar-refractivity contribution in [3.05, 3.63) is 23.8 Å². The van der Waals surface area contributed by atoms with Gasteiger partial charge in [-0.15, -0.1) is 0 Å². The van der Waals surface area contributed by atoms with E-state index in [0.717, 1.165) is 43.9 Å². The van der Waals surface area contributed by atoms with Crippen molar-refractivity contribution in [2.24, 2.45) is 0 Å². The van der Waals surface area contributed by atoms with Gasteiger partial charge in [0.25, 0.3) is 0 Å². The third-order valence-corrected chi connectivity index (χ3v) is 5.48. The quantitative estimate of drug-likeness (QED) is 0.929. The number of nitrogens with one attached hydrogen (secondary N) is 1. The molecule has 4 rings (SSSR count). The maximum Gasteiger partial charge on any atom is 0.317 e. The van der Waals surface area contributed by atoms with Gasteiger partial charge in [0.1, 0.15) is 0 Å². The van der Waals surface area contributed by atoms with Crippen LogP contribution in [0.15, 0.2) is 18.2 Å². The van der Waals surface area contributed by atoms with Gasteiger partial charge in [-0.25, -0.2) is 4.79 Å². The van der Waals surface area contributed by atoms with Gasteiger partial charge in [-0.05, 0) is 49.8 Å². The van der Waals surface area contributed by atoms with Crippen molar-refractivity contribution < 1.29 is 14.3 Å². The second-order valence-electron chi connectivity index (χ2n) is 6.78. The van der Waals surface area contributed by atoms with Crippen molar-refractivity contribution in [2.75, 3.05) is 20.2 Å². The molecule has 2 saturated heterocycles. The van der Waals surface area contributed by atoms with Crippen molar-refractivity contribution in [1.29, 1.82) is 0 Å². The van der Waals surface area contributed by atoms with E-state index in [1.807, 2.05) is 11.0 Å². The average molecular weight is 316 g/mol. The Hall–Kier alpha value is -1.91. The maximum atomic E-state index is 11.8. The fourth-order valence-electron chi connectivity index (χ4n) is 4.24. The van der Waals surface area contributed by atoms with E-state index >= 15 is 0 Å². The van der Waals surface area contributed by atoms with Crippen molar-refractivity contribution >= 4 is 6.03 Å². The molecule has 2 heterocycles. The highest BCUT2D eigenvalue weighted by atomic mass is 16.5. The van der Waals surface area contributed by atoms with E-state index in [9.17, 15) is 4.79 Å². The lowest BCUT2D eigenvalue weighted by Gasteiger charge is -2.21. The molecule has 124 valence electrons. The fraction of sp³-hybridized carbons (Fsp3) is 0.611. The first-order valence-electron chi connectivity index (χ1n) is 8.65. The van der Waals surface area contributed by atoms with Gasteiger partial charge in [0.2, 0.25) is 0 Å². The minimum atomic E-state index is 0.0773. The molecule has 1 aliphatic carbocycles. The van der Waals surface area contributed by atoms with E-state index in [1.54, 1.807) is 7.11 Å². The molecule has 1 aromatic rings. The average Bonchev–Trinajstić information content (AvgIpc) is 3.27. The summed E-state index contributed by atoms with van der Waals surface area (Å²) in [6.07, 6.45) is 6.10. The number of benzene rings is 1. The molecule has 3 fully saturated rings. The van der Waals surface area contributed by atoms with E-state index in [1.165, 1.54) is 18.4 Å². The van der Waals surface area contributed by atoms with E-state index in [2.05, 4.69) is 17.4 Å². The standard InChI is InChI=1S/C18H24N2O3/c1-22-16-7-6-12(10-17(16)23-13-4-2-3-5-13)14-8-9-20-15(14)11-19-18(20)21/h6-7,10,13-15H,2-5,8-9,11H2,1H3,(H,19,21)/t14-,15+/m0/s1. The maximum absolute atomic E-state index is 11.8. The van der Waals surface area contributed by atoms with Crippen molar-refractivity contribution in [2.45, 2.75) is 50.2 Å². The second-order valence-corrected chi connectivity index (χ2v) is 6.78. The van der Waals surface area contributed by atoms with E-state index in [0.29, 0.717) is 12.0 Å². The van der Waals surface area contributed by atoms with Gasteiger partial charge in [-0.3, -0.25) is 0 Å². The third kappa shape index (κ3) is 2.62. The largest absolute Gasteiger partial charge is 0.493 e. The van der Waals surface area contributed by atoms with E-state index < -0.39 is 0 Å². The number of fused-ring (bicyclic) bond motifs is 1. The lowest BCUT2D eigenvalue weighted by molar-refractivity contribution is 0.200. The van der Waals surface area contributed by atoms with Crippen molar-refractivity contribution in [1.82, 2.24) is 10.2 Å². The predicted octanol–water partition coefficient (Wildman–Crippen LogP) is 2.90. The van der Waals surface area contributed by atoms with Crippen LogP contribution >= 0.6 is 0 Å². The Labute approximate surface area is 136 Å². The molecule has 2 amide bonds. The van der Waals surface area contributed by atoms with Crippen LogP contribution in [0.2, 0.25) is 0 Å². The summed E-state index contributed by atoms with van der Waals surface area (Å²) in [5.74, 6) is 2.04. The molecule has 2 aliphatic heterocycles. The van der Waals surface area contributed by atoms with Crippen LogP contribution in [0.3, 0.4) is 0 Å². The van der Waals surface area contributed by atoms with Gasteiger partial charge in [-0.2, -0.15) is 0 Å². The van der Waals surface area contributed by atoms with Gasteiger partial charge in [0.05, 0.1) is 19.3 Å². The monoisotopic (exact) mass is 316 g/mol. The highest BCUT2D eigenvalue weighted by molar-refractivity contribution is 5.77. The van der Waals surface area contributed by atoms with Crippen LogP contribution in [0, 0.1) is 0 Å². The van der Waals surface area contributed by atoms with Crippen LogP contribution in [0.25, 0.3) is 0 Å². The molecule has 0 radical (unpaired) electrons. The lowest BCUT2D eigenvalue weighted by atomic mass is 9.91. The number of carbonyl (C=O) groups excluding carboxylic acids is 1. The summed E-state index contributed by atoms with van der Waals surface area (Å²) in [6.45, 7) is 1.58. The molecular weight excluding hydrogens is 292 g/mol. The van der Waals surface area contributed by atoms with E-state index in [-0.39, 0.29) is 12.1 Å². The zero-order valence-electron chi connectivity index (χ0n) is 13.6.